The summed E-state index contributed by atoms with van der Waals surface area (Å²) in [5.41, 5.74) is 4.88. The molecule has 0 aromatic carbocycles. The fourth-order valence-electron chi connectivity index (χ4n) is 1.80. The molecule has 1 aliphatic rings. The van der Waals surface area contributed by atoms with E-state index in [1.54, 1.807) is 0 Å². The summed E-state index contributed by atoms with van der Waals surface area (Å²) in [6.45, 7) is 5.08. The highest BCUT2D eigenvalue weighted by Gasteiger charge is 2.39. The molecule has 1 heterocycles. The number of nitrogens with zero attached hydrogens (tertiary/aromatic N) is 1. The molecule has 0 aromatic rings. The van der Waals surface area contributed by atoms with Crippen molar-refractivity contribution in [1.82, 2.24) is 4.90 Å². The predicted octanol–water partition coefficient (Wildman–Crippen LogP) is 0.132. The first kappa shape index (κ1) is 10.5. The van der Waals surface area contributed by atoms with Crippen LogP contribution < -0.4 is 5.73 Å². The van der Waals surface area contributed by atoms with Gasteiger partial charge in [0.15, 0.2) is 0 Å². The van der Waals surface area contributed by atoms with Crippen molar-refractivity contribution in [2.45, 2.75) is 19.8 Å². The van der Waals surface area contributed by atoms with Crippen LogP contribution in [0.3, 0.4) is 0 Å². The van der Waals surface area contributed by atoms with Gasteiger partial charge in [0, 0.05) is 6.54 Å². The van der Waals surface area contributed by atoms with E-state index in [2.05, 4.69) is 11.8 Å². The summed E-state index contributed by atoms with van der Waals surface area (Å²) in [4.78, 5) is 13.3. The van der Waals surface area contributed by atoms with E-state index in [-0.39, 0.29) is 6.54 Å². The van der Waals surface area contributed by atoms with Crippen LogP contribution >= 0.6 is 0 Å². The third-order valence-electron chi connectivity index (χ3n) is 3.10. The molecule has 76 valence electrons. The third kappa shape index (κ3) is 2.00. The molecule has 1 rings (SSSR count). The highest BCUT2D eigenvalue weighted by atomic mass is 16.4. The van der Waals surface area contributed by atoms with Crippen LogP contribution in [-0.2, 0) is 4.79 Å². The van der Waals surface area contributed by atoms with Crippen LogP contribution in [-0.4, -0.2) is 42.2 Å². The summed E-state index contributed by atoms with van der Waals surface area (Å²) in [5.74, 6) is -0.731. The van der Waals surface area contributed by atoms with Crippen LogP contribution in [0, 0.1) is 5.41 Å². The summed E-state index contributed by atoms with van der Waals surface area (Å²) in [6, 6.07) is 0. The lowest BCUT2D eigenvalue weighted by atomic mass is 9.78. The average molecular weight is 186 g/mol. The Labute approximate surface area is 78.7 Å². The number of carbonyl (C=O) groups is 1. The second kappa shape index (κ2) is 4.07. The molecule has 4 nitrogen and oxygen atoms in total. The van der Waals surface area contributed by atoms with Crippen molar-refractivity contribution < 1.29 is 9.90 Å². The highest BCUT2D eigenvalue weighted by molar-refractivity contribution is 5.75. The van der Waals surface area contributed by atoms with Gasteiger partial charge in [-0.25, -0.2) is 0 Å². The maximum absolute atomic E-state index is 11.0. The van der Waals surface area contributed by atoms with E-state index in [9.17, 15) is 4.79 Å². The van der Waals surface area contributed by atoms with Gasteiger partial charge in [0.1, 0.15) is 0 Å². The molecular weight excluding hydrogens is 168 g/mol. The van der Waals surface area contributed by atoms with Crippen molar-refractivity contribution in [3.05, 3.63) is 0 Å². The SMILES string of the molecule is CCN1CCC(CN)(C(=O)O)CC1. The second-order valence-electron chi connectivity index (χ2n) is 3.72. The Morgan fingerprint density at radius 2 is 2.08 bits per heavy atom. The molecule has 0 aliphatic carbocycles. The van der Waals surface area contributed by atoms with Crippen molar-refractivity contribution in [3.63, 3.8) is 0 Å². The smallest absolute Gasteiger partial charge is 0.311 e. The standard InChI is InChI=1S/C9H18N2O2/c1-2-11-5-3-9(7-10,4-6-11)8(12)13/h2-7,10H2,1H3,(H,12,13). The Balaban J connectivity index is 2.58. The van der Waals surface area contributed by atoms with Crippen LogP contribution in [0.15, 0.2) is 0 Å². The fourth-order valence-corrected chi connectivity index (χ4v) is 1.80. The first-order valence-corrected chi connectivity index (χ1v) is 4.80. The first-order valence-electron chi connectivity index (χ1n) is 4.80. The molecule has 0 saturated carbocycles. The maximum Gasteiger partial charge on any atom is 0.311 e. The Hall–Kier alpha value is -0.610. The summed E-state index contributed by atoms with van der Waals surface area (Å²) in [7, 11) is 0. The number of aliphatic carboxylic acids is 1. The van der Waals surface area contributed by atoms with Crippen molar-refractivity contribution in [2.75, 3.05) is 26.2 Å². The Bertz CT molecular complexity index is 186. The number of likely N-dealkylation sites (tertiary alicyclic amines) is 1. The molecule has 0 amide bonds. The van der Waals surface area contributed by atoms with Crippen LogP contribution in [0.4, 0.5) is 0 Å². The minimum atomic E-state index is -0.731. The first-order chi connectivity index (χ1) is 6.14. The Morgan fingerprint density at radius 1 is 1.54 bits per heavy atom. The van der Waals surface area contributed by atoms with E-state index in [4.69, 9.17) is 10.8 Å². The van der Waals surface area contributed by atoms with Crippen molar-refractivity contribution in [1.29, 1.82) is 0 Å². The number of hydrogen-bond acceptors (Lipinski definition) is 3. The quantitative estimate of drug-likeness (QED) is 0.657. The van der Waals surface area contributed by atoms with Crippen molar-refractivity contribution in [3.8, 4) is 0 Å². The minimum Gasteiger partial charge on any atom is -0.481 e. The van der Waals surface area contributed by atoms with E-state index in [0.29, 0.717) is 12.8 Å². The summed E-state index contributed by atoms with van der Waals surface area (Å²) >= 11 is 0. The lowest BCUT2D eigenvalue weighted by Gasteiger charge is -2.37. The van der Waals surface area contributed by atoms with E-state index in [0.717, 1.165) is 19.6 Å². The van der Waals surface area contributed by atoms with Gasteiger partial charge >= 0.3 is 5.97 Å². The van der Waals surface area contributed by atoms with Crippen LogP contribution in [0.1, 0.15) is 19.8 Å². The largest absolute Gasteiger partial charge is 0.481 e. The number of carboxylic acids is 1. The van der Waals surface area contributed by atoms with E-state index >= 15 is 0 Å². The molecule has 0 atom stereocenters. The molecule has 4 heteroatoms. The molecule has 0 radical (unpaired) electrons. The summed E-state index contributed by atoms with van der Waals surface area (Å²) in [5, 5.41) is 9.05. The number of piperidine rings is 1. The molecule has 3 N–H and O–H groups in total. The van der Waals surface area contributed by atoms with Crippen molar-refractivity contribution in [2.24, 2.45) is 11.1 Å². The zero-order valence-electron chi connectivity index (χ0n) is 8.12. The van der Waals surface area contributed by atoms with Gasteiger partial charge in [-0.3, -0.25) is 4.79 Å². The van der Waals surface area contributed by atoms with Crippen molar-refractivity contribution >= 4 is 5.97 Å². The Morgan fingerprint density at radius 3 is 2.38 bits per heavy atom. The van der Waals surface area contributed by atoms with Crippen LogP contribution in [0.2, 0.25) is 0 Å². The van der Waals surface area contributed by atoms with Crippen LogP contribution in [0.25, 0.3) is 0 Å². The van der Waals surface area contributed by atoms with E-state index in [1.807, 2.05) is 0 Å². The molecule has 1 aliphatic heterocycles. The average Bonchev–Trinajstić information content (AvgIpc) is 2.17. The topological polar surface area (TPSA) is 66.6 Å². The maximum atomic E-state index is 11.0. The molecule has 0 bridgehead atoms. The van der Waals surface area contributed by atoms with Gasteiger partial charge in [0.2, 0.25) is 0 Å². The molecule has 0 aromatic heterocycles. The van der Waals surface area contributed by atoms with Gasteiger partial charge in [0.05, 0.1) is 5.41 Å². The van der Waals surface area contributed by atoms with Gasteiger partial charge in [-0.2, -0.15) is 0 Å². The van der Waals surface area contributed by atoms with Gasteiger partial charge in [-0.05, 0) is 32.5 Å². The zero-order chi connectivity index (χ0) is 9.90. The fraction of sp³-hybridized carbons (Fsp3) is 0.889. The predicted molar refractivity (Wildman–Crippen MR) is 50.5 cm³/mol. The molecule has 1 saturated heterocycles. The second-order valence-corrected chi connectivity index (χ2v) is 3.72. The monoisotopic (exact) mass is 186 g/mol. The number of hydrogen-bond donors (Lipinski definition) is 2. The highest BCUT2D eigenvalue weighted by Crippen LogP contribution is 2.30. The summed E-state index contributed by atoms with van der Waals surface area (Å²) < 4.78 is 0. The lowest BCUT2D eigenvalue weighted by molar-refractivity contribution is -0.151. The van der Waals surface area contributed by atoms with Gasteiger partial charge in [0.25, 0.3) is 0 Å². The van der Waals surface area contributed by atoms with Crippen LogP contribution in [0.5, 0.6) is 0 Å². The van der Waals surface area contributed by atoms with Gasteiger partial charge < -0.3 is 15.7 Å². The molecular formula is C9H18N2O2. The van der Waals surface area contributed by atoms with E-state index in [1.165, 1.54) is 0 Å². The summed E-state index contributed by atoms with van der Waals surface area (Å²) in [6.07, 6.45) is 1.37. The molecule has 1 fully saturated rings. The van der Waals surface area contributed by atoms with Gasteiger partial charge in [-0.1, -0.05) is 6.92 Å². The zero-order valence-corrected chi connectivity index (χ0v) is 8.12. The minimum absolute atomic E-state index is 0.264. The molecule has 0 unspecified atom stereocenters. The van der Waals surface area contributed by atoms with E-state index < -0.39 is 11.4 Å². The normalized spacial score (nSPS) is 22.9. The third-order valence-corrected chi connectivity index (χ3v) is 3.10. The Kier molecular flexibility index (Phi) is 3.27. The van der Waals surface area contributed by atoms with Gasteiger partial charge in [-0.15, -0.1) is 0 Å². The lowest BCUT2D eigenvalue weighted by Crippen LogP contribution is -2.48. The molecule has 13 heavy (non-hydrogen) atoms. The molecule has 0 spiro atoms. The number of carboxylic acid groups (broad SMARTS) is 1. The number of nitrogens with two attached hydrogens (primary N) is 1. The number of rotatable bonds is 3.